The van der Waals surface area contributed by atoms with Crippen LogP contribution in [0.5, 0.6) is 11.5 Å². The molecular formula is C27H33ClN2O3. The van der Waals surface area contributed by atoms with Gasteiger partial charge in [0.1, 0.15) is 11.6 Å². The predicted molar refractivity (Wildman–Crippen MR) is 133 cm³/mol. The molecule has 1 N–H and O–H groups in total. The number of halogens is 1. The van der Waals surface area contributed by atoms with Gasteiger partial charge in [-0.2, -0.15) is 5.26 Å². The minimum atomic E-state index is -0.446. The average Bonchev–Trinajstić information content (AvgIpc) is 2.82. The second-order valence-electron chi connectivity index (χ2n) is 7.72. The van der Waals surface area contributed by atoms with Crippen molar-refractivity contribution in [3.8, 4) is 17.6 Å². The lowest BCUT2D eigenvalue weighted by molar-refractivity contribution is -0.117. The number of benzene rings is 2. The summed E-state index contributed by atoms with van der Waals surface area (Å²) in [6.45, 7) is 5.43. The largest absolute Gasteiger partial charge is 0.490 e. The second-order valence-corrected chi connectivity index (χ2v) is 8.12. The minimum Gasteiger partial charge on any atom is -0.490 e. The fourth-order valence-electron chi connectivity index (χ4n) is 3.32. The maximum atomic E-state index is 12.5. The molecule has 0 fully saturated rings. The molecule has 0 saturated heterocycles. The van der Waals surface area contributed by atoms with Crippen LogP contribution in [0.25, 0.3) is 6.08 Å². The first-order chi connectivity index (χ1) is 16.1. The van der Waals surface area contributed by atoms with Crippen LogP contribution in [0.3, 0.4) is 0 Å². The van der Waals surface area contributed by atoms with Gasteiger partial charge in [0.2, 0.25) is 0 Å². The molecule has 0 atom stereocenters. The maximum absolute atomic E-state index is 12.5. The standard InChI is InChI=1S/C27H33ClN2O3/c1-3-5-6-7-8-12-15-33-26-24(28)17-22(18-25(26)32-4-2)16-23(19-29)27(31)30-20-21-13-10-9-11-14-21/h9-11,13-14,16-18H,3-8,12,15,20H2,1-2H3,(H,30,31)/b23-16+. The van der Waals surface area contributed by atoms with Crippen LogP contribution < -0.4 is 14.8 Å². The van der Waals surface area contributed by atoms with Crippen molar-refractivity contribution in [1.29, 1.82) is 5.26 Å². The molecular weight excluding hydrogens is 436 g/mol. The van der Waals surface area contributed by atoms with Crippen molar-refractivity contribution in [3.63, 3.8) is 0 Å². The van der Waals surface area contributed by atoms with E-state index in [4.69, 9.17) is 21.1 Å². The smallest absolute Gasteiger partial charge is 0.262 e. The van der Waals surface area contributed by atoms with Gasteiger partial charge < -0.3 is 14.8 Å². The van der Waals surface area contributed by atoms with E-state index in [2.05, 4.69) is 12.2 Å². The fourth-order valence-corrected chi connectivity index (χ4v) is 3.59. The van der Waals surface area contributed by atoms with E-state index in [0.717, 1.165) is 18.4 Å². The van der Waals surface area contributed by atoms with E-state index in [1.54, 1.807) is 12.1 Å². The summed E-state index contributed by atoms with van der Waals surface area (Å²) in [5.74, 6) is 0.555. The number of nitriles is 1. The molecule has 1 amide bonds. The number of carbonyl (C=O) groups is 1. The molecule has 0 spiro atoms. The number of amides is 1. The van der Waals surface area contributed by atoms with Gasteiger partial charge in [0.15, 0.2) is 11.5 Å². The normalized spacial score (nSPS) is 11.0. The van der Waals surface area contributed by atoms with E-state index < -0.39 is 5.91 Å². The Labute approximate surface area is 202 Å². The third kappa shape index (κ3) is 9.19. The lowest BCUT2D eigenvalue weighted by Crippen LogP contribution is -2.23. The summed E-state index contributed by atoms with van der Waals surface area (Å²) in [6, 6.07) is 14.9. The van der Waals surface area contributed by atoms with Crippen LogP contribution in [0.4, 0.5) is 0 Å². The van der Waals surface area contributed by atoms with Crippen LogP contribution in [0.15, 0.2) is 48.0 Å². The van der Waals surface area contributed by atoms with Gasteiger partial charge in [-0.1, -0.05) is 81.0 Å². The third-order valence-corrected chi connectivity index (χ3v) is 5.33. The first-order valence-electron chi connectivity index (χ1n) is 11.6. The van der Waals surface area contributed by atoms with E-state index in [1.165, 1.54) is 31.8 Å². The highest BCUT2D eigenvalue weighted by Gasteiger charge is 2.14. The summed E-state index contributed by atoms with van der Waals surface area (Å²) in [6.07, 6.45) is 8.53. The second kappa shape index (κ2) is 15.0. The van der Waals surface area contributed by atoms with Crippen molar-refractivity contribution < 1.29 is 14.3 Å². The summed E-state index contributed by atoms with van der Waals surface area (Å²) in [5, 5.41) is 12.7. The predicted octanol–water partition coefficient (Wildman–Crippen LogP) is 6.70. The molecule has 0 aliphatic rings. The van der Waals surface area contributed by atoms with Crippen molar-refractivity contribution in [1.82, 2.24) is 5.32 Å². The van der Waals surface area contributed by atoms with Gasteiger partial charge in [0, 0.05) is 6.54 Å². The van der Waals surface area contributed by atoms with Crippen molar-refractivity contribution in [2.75, 3.05) is 13.2 Å². The number of ether oxygens (including phenoxy) is 2. The van der Waals surface area contributed by atoms with Crippen LogP contribution in [0, 0.1) is 11.3 Å². The Bertz CT molecular complexity index is 952. The maximum Gasteiger partial charge on any atom is 0.262 e. The lowest BCUT2D eigenvalue weighted by Gasteiger charge is -2.14. The van der Waals surface area contributed by atoms with Crippen molar-refractivity contribution >= 4 is 23.6 Å². The summed E-state index contributed by atoms with van der Waals surface area (Å²) >= 11 is 6.48. The van der Waals surface area contributed by atoms with Crippen molar-refractivity contribution in [2.24, 2.45) is 0 Å². The lowest BCUT2D eigenvalue weighted by atomic mass is 10.1. The van der Waals surface area contributed by atoms with Crippen LogP contribution in [0.2, 0.25) is 5.02 Å². The van der Waals surface area contributed by atoms with Crippen LogP contribution in [-0.4, -0.2) is 19.1 Å². The zero-order chi connectivity index (χ0) is 23.9. The molecule has 0 bridgehead atoms. The highest BCUT2D eigenvalue weighted by atomic mass is 35.5. The van der Waals surface area contributed by atoms with E-state index in [0.29, 0.717) is 41.8 Å². The Morgan fingerprint density at radius 2 is 1.79 bits per heavy atom. The third-order valence-electron chi connectivity index (χ3n) is 5.05. The summed E-state index contributed by atoms with van der Waals surface area (Å²) in [7, 11) is 0. The number of carbonyl (C=O) groups excluding carboxylic acids is 1. The number of nitrogens with one attached hydrogen (secondary N) is 1. The van der Waals surface area contributed by atoms with Crippen LogP contribution in [0.1, 0.15) is 63.5 Å². The summed E-state index contributed by atoms with van der Waals surface area (Å²) in [5.41, 5.74) is 1.55. The van der Waals surface area contributed by atoms with Gasteiger partial charge in [-0.05, 0) is 42.7 Å². The van der Waals surface area contributed by atoms with Crippen LogP contribution in [-0.2, 0) is 11.3 Å². The molecule has 0 saturated carbocycles. The van der Waals surface area contributed by atoms with Gasteiger partial charge in [-0.25, -0.2) is 0 Å². The van der Waals surface area contributed by atoms with E-state index >= 15 is 0 Å². The van der Waals surface area contributed by atoms with Gasteiger partial charge in [0.05, 0.1) is 18.2 Å². The Hall–Kier alpha value is -2.97. The number of rotatable bonds is 14. The topological polar surface area (TPSA) is 71.3 Å². The number of nitrogens with zero attached hydrogens (tertiary/aromatic N) is 1. The number of hydrogen-bond donors (Lipinski definition) is 1. The van der Waals surface area contributed by atoms with Gasteiger partial charge in [-0.15, -0.1) is 0 Å². The van der Waals surface area contributed by atoms with E-state index in [9.17, 15) is 10.1 Å². The quantitative estimate of drug-likeness (QED) is 0.190. The zero-order valence-corrected chi connectivity index (χ0v) is 20.3. The molecule has 33 heavy (non-hydrogen) atoms. The molecule has 6 heteroatoms. The highest BCUT2D eigenvalue weighted by molar-refractivity contribution is 6.32. The van der Waals surface area contributed by atoms with Gasteiger partial charge in [-0.3, -0.25) is 4.79 Å². The minimum absolute atomic E-state index is 0.00908. The average molecular weight is 469 g/mol. The number of unbranched alkanes of at least 4 members (excludes halogenated alkanes) is 5. The summed E-state index contributed by atoms with van der Waals surface area (Å²) < 4.78 is 11.7. The Morgan fingerprint density at radius 1 is 1.06 bits per heavy atom. The van der Waals surface area contributed by atoms with Crippen molar-refractivity contribution in [2.45, 2.75) is 58.9 Å². The molecule has 0 aromatic heterocycles. The van der Waals surface area contributed by atoms with Crippen molar-refractivity contribution in [3.05, 3.63) is 64.2 Å². The SMILES string of the molecule is CCCCCCCCOc1c(Cl)cc(/C=C(\C#N)C(=O)NCc2ccccc2)cc1OCC. The zero-order valence-electron chi connectivity index (χ0n) is 19.5. The van der Waals surface area contributed by atoms with Crippen LogP contribution >= 0.6 is 11.6 Å². The Morgan fingerprint density at radius 3 is 2.48 bits per heavy atom. The molecule has 2 rings (SSSR count). The molecule has 0 aliphatic heterocycles. The monoisotopic (exact) mass is 468 g/mol. The summed E-state index contributed by atoms with van der Waals surface area (Å²) in [4.78, 5) is 12.5. The molecule has 0 unspecified atom stereocenters. The van der Waals surface area contributed by atoms with E-state index in [1.807, 2.05) is 43.3 Å². The van der Waals surface area contributed by atoms with Gasteiger partial charge in [0.25, 0.3) is 5.91 Å². The molecule has 2 aromatic rings. The first kappa shape index (κ1) is 26.3. The Kier molecular flexibility index (Phi) is 11.9. The highest BCUT2D eigenvalue weighted by Crippen LogP contribution is 2.37. The fraction of sp³-hybridized carbons (Fsp3) is 0.407. The van der Waals surface area contributed by atoms with E-state index in [-0.39, 0.29) is 5.57 Å². The molecule has 5 nitrogen and oxygen atoms in total. The first-order valence-corrected chi connectivity index (χ1v) is 12.0. The molecule has 0 radical (unpaired) electrons. The molecule has 0 aliphatic carbocycles. The molecule has 2 aromatic carbocycles. The Balaban J connectivity index is 2.06. The number of hydrogen-bond acceptors (Lipinski definition) is 4. The molecule has 176 valence electrons. The van der Waals surface area contributed by atoms with Gasteiger partial charge >= 0.3 is 0 Å². The molecule has 0 heterocycles.